The molecule has 1 unspecified atom stereocenters. The van der Waals surface area contributed by atoms with Crippen LogP contribution in [0.2, 0.25) is 0 Å². The standard InChI is InChI=1S/C14H22N2/c15-10-5-11-16-14-9-4-2-7-12-6-1-3-8-13(12)14/h1,3,6,8,14,16H,2,4-5,7,9-11,15H2. The van der Waals surface area contributed by atoms with E-state index in [2.05, 4.69) is 29.6 Å². The Bertz CT molecular complexity index is 322. The molecular weight excluding hydrogens is 196 g/mol. The van der Waals surface area contributed by atoms with Gasteiger partial charge in [0.1, 0.15) is 0 Å². The minimum absolute atomic E-state index is 0.547. The third kappa shape index (κ3) is 2.83. The summed E-state index contributed by atoms with van der Waals surface area (Å²) in [6.07, 6.45) is 6.23. The van der Waals surface area contributed by atoms with Crippen LogP contribution >= 0.6 is 0 Å². The van der Waals surface area contributed by atoms with Crippen molar-refractivity contribution in [2.45, 2.75) is 38.1 Å². The molecular formula is C14H22N2. The number of nitrogens with one attached hydrogen (secondary N) is 1. The highest BCUT2D eigenvalue weighted by atomic mass is 14.9. The van der Waals surface area contributed by atoms with Gasteiger partial charge in [-0.1, -0.05) is 30.7 Å². The Balaban J connectivity index is 2.06. The number of hydrogen-bond acceptors (Lipinski definition) is 2. The Morgan fingerprint density at radius 2 is 2.12 bits per heavy atom. The van der Waals surface area contributed by atoms with E-state index < -0.39 is 0 Å². The molecule has 0 heterocycles. The van der Waals surface area contributed by atoms with E-state index in [4.69, 9.17) is 5.73 Å². The van der Waals surface area contributed by atoms with Crippen LogP contribution in [0.4, 0.5) is 0 Å². The second kappa shape index (κ2) is 6.02. The summed E-state index contributed by atoms with van der Waals surface area (Å²) in [4.78, 5) is 0. The molecule has 2 heteroatoms. The van der Waals surface area contributed by atoms with E-state index in [-0.39, 0.29) is 0 Å². The number of rotatable bonds is 4. The molecule has 0 bridgehead atoms. The smallest absolute Gasteiger partial charge is 0.0322 e. The van der Waals surface area contributed by atoms with Crippen LogP contribution < -0.4 is 11.1 Å². The Morgan fingerprint density at radius 3 is 3.00 bits per heavy atom. The van der Waals surface area contributed by atoms with Crippen molar-refractivity contribution in [3.63, 3.8) is 0 Å². The van der Waals surface area contributed by atoms with Crippen LogP contribution in [-0.4, -0.2) is 13.1 Å². The van der Waals surface area contributed by atoms with Gasteiger partial charge >= 0.3 is 0 Å². The maximum atomic E-state index is 5.53. The zero-order valence-electron chi connectivity index (χ0n) is 9.91. The van der Waals surface area contributed by atoms with Crippen molar-refractivity contribution >= 4 is 0 Å². The molecule has 1 aromatic carbocycles. The van der Waals surface area contributed by atoms with Crippen LogP contribution in [0.3, 0.4) is 0 Å². The second-order valence-corrected chi connectivity index (χ2v) is 4.59. The molecule has 1 atom stereocenters. The Hall–Kier alpha value is -0.860. The minimum atomic E-state index is 0.547. The summed E-state index contributed by atoms with van der Waals surface area (Å²) in [5, 5.41) is 3.64. The summed E-state index contributed by atoms with van der Waals surface area (Å²) in [5.41, 5.74) is 8.57. The van der Waals surface area contributed by atoms with E-state index in [1.165, 1.54) is 36.8 Å². The molecule has 0 aromatic heterocycles. The average molecular weight is 218 g/mol. The summed E-state index contributed by atoms with van der Waals surface area (Å²) >= 11 is 0. The van der Waals surface area contributed by atoms with Crippen LogP contribution in [0.1, 0.15) is 42.9 Å². The molecule has 0 saturated heterocycles. The molecule has 16 heavy (non-hydrogen) atoms. The molecule has 0 aliphatic heterocycles. The zero-order chi connectivity index (χ0) is 11.2. The first-order chi connectivity index (χ1) is 7.92. The van der Waals surface area contributed by atoms with E-state index in [0.717, 1.165) is 19.5 Å². The van der Waals surface area contributed by atoms with Gasteiger partial charge in [0.25, 0.3) is 0 Å². The highest BCUT2D eigenvalue weighted by Crippen LogP contribution is 2.28. The van der Waals surface area contributed by atoms with Gasteiger partial charge in [-0.2, -0.15) is 0 Å². The fourth-order valence-electron chi connectivity index (χ4n) is 2.51. The fourth-order valence-corrected chi connectivity index (χ4v) is 2.51. The minimum Gasteiger partial charge on any atom is -0.330 e. The van der Waals surface area contributed by atoms with Crippen LogP contribution in [0.15, 0.2) is 24.3 Å². The molecule has 0 amide bonds. The van der Waals surface area contributed by atoms with Crippen molar-refractivity contribution in [3.05, 3.63) is 35.4 Å². The molecule has 0 saturated carbocycles. The number of aryl methyl sites for hydroxylation is 1. The van der Waals surface area contributed by atoms with Crippen LogP contribution in [0.5, 0.6) is 0 Å². The molecule has 1 aromatic rings. The van der Waals surface area contributed by atoms with Crippen molar-refractivity contribution < 1.29 is 0 Å². The van der Waals surface area contributed by atoms with Gasteiger partial charge in [0, 0.05) is 6.04 Å². The molecule has 0 spiro atoms. The van der Waals surface area contributed by atoms with E-state index >= 15 is 0 Å². The van der Waals surface area contributed by atoms with E-state index in [1.54, 1.807) is 0 Å². The van der Waals surface area contributed by atoms with Crippen molar-refractivity contribution in [1.82, 2.24) is 5.32 Å². The predicted octanol–water partition coefficient (Wildman–Crippen LogP) is 2.39. The lowest BCUT2D eigenvalue weighted by molar-refractivity contribution is 0.485. The lowest BCUT2D eigenvalue weighted by Gasteiger charge is -2.19. The van der Waals surface area contributed by atoms with E-state index in [0.29, 0.717) is 6.04 Å². The molecule has 3 N–H and O–H groups in total. The summed E-state index contributed by atoms with van der Waals surface area (Å²) in [6.45, 7) is 1.82. The Kier molecular flexibility index (Phi) is 4.37. The molecule has 2 rings (SSSR count). The van der Waals surface area contributed by atoms with Crippen LogP contribution in [0, 0.1) is 0 Å². The SMILES string of the molecule is NCCCNC1CCCCc2ccccc21. The van der Waals surface area contributed by atoms with Gasteiger partial charge < -0.3 is 11.1 Å². The number of nitrogens with two attached hydrogens (primary N) is 1. The van der Waals surface area contributed by atoms with E-state index in [9.17, 15) is 0 Å². The van der Waals surface area contributed by atoms with Crippen molar-refractivity contribution in [2.75, 3.05) is 13.1 Å². The lowest BCUT2D eigenvalue weighted by atomic mass is 9.99. The summed E-state index contributed by atoms with van der Waals surface area (Å²) in [5.74, 6) is 0. The fraction of sp³-hybridized carbons (Fsp3) is 0.571. The van der Waals surface area contributed by atoms with Crippen molar-refractivity contribution in [2.24, 2.45) is 5.73 Å². The summed E-state index contributed by atoms with van der Waals surface area (Å²) in [7, 11) is 0. The molecule has 88 valence electrons. The monoisotopic (exact) mass is 218 g/mol. The Labute approximate surface area is 98.2 Å². The lowest BCUT2D eigenvalue weighted by Crippen LogP contribution is -2.24. The topological polar surface area (TPSA) is 38.0 Å². The van der Waals surface area contributed by atoms with Crippen LogP contribution in [-0.2, 0) is 6.42 Å². The first-order valence-electron chi connectivity index (χ1n) is 6.43. The first kappa shape index (κ1) is 11.6. The summed E-state index contributed by atoms with van der Waals surface area (Å²) < 4.78 is 0. The van der Waals surface area contributed by atoms with E-state index in [1.807, 2.05) is 0 Å². The second-order valence-electron chi connectivity index (χ2n) is 4.59. The zero-order valence-corrected chi connectivity index (χ0v) is 9.91. The first-order valence-corrected chi connectivity index (χ1v) is 6.43. The Morgan fingerprint density at radius 1 is 1.25 bits per heavy atom. The number of benzene rings is 1. The highest BCUT2D eigenvalue weighted by molar-refractivity contribution is 5.31. The van der Waals surface area contributed by atoms with Gasteiger partial charge in [-0.25, -0.2) is 0 Å². The highest BCUT2D eigenvalue weighted by Gasteiger charge is 2.16. The quantitative estimate of drug-likeness (QED) is 0.601. The number of fused-ring (bicyclic) bond motifs is 1. The predicted molar refractivity (Wildman–Crippen MR) is 68.4 cm³/mol. The van der Waals surface area contributed by atoms with Crippen molar-refractivity contribution in [1.29, 1.82) is 0 Å². The largest absolute Gasteiger partial charge is 0.330 e. The van der Waals surface area contributed by atoms with Crippen molar-refractivity contribution in [3.8, 4) is 0 Å². The average Bonchev–Trinajstić information content (AvgIpc) is 2.52. The molecule has 0 fully saturated rings. The van der Waals surface area contributed by atoms with Gasteiger partial charge in [-0.05, 0) is 49.9 Å². The normalized spacial score (nSPS) is 20.2. The van der Waals surface area contributed by atoms with Gasteiger partial charge in [0.2, 0.25) is 0 Å². The third-order valence-electron chi connectivity index (χ3n) is 3.39. The van der Waals surface area contributed by atoms with Crippen LogP contribution in [0.25, 0.3) is 0 Å². The summed E-state index contributed by atoms with van der Waals surface area (Å²) in [6, 6.07) is 9.41. The number of hydrogen-bond donors (Lipinski definition) is 2. The van der Waals surface area contributed by atoms with Gasteiger partial charge in [0.15, 0.2) is 0 Å². The maximum Gasteiger partial charge on any atom is 0.0322 e. The molecule has 2 nitrogen and oxygen atoms in total. The molecule has 1 aliphatic rings. The van der Waals surface area contributed by atoms with Gasteiger partial charge in [-0.15, -0.1) is 0 Å². The van der Waals surface area contributed by atoms with Gasteiger partial charge in [-0.3, -0.25) is 0 Å². The molecule has 0 radical (unpaired) electrons. The maximum absolute atomic E-state index is 5.53. The third-order valence-corrected chi connectivity index (χ3v) is 3.39. The van der Waals surface area contributed by atoms with Gasteiger partial charge in [0.05, 0.1) is 0 Å². The molecule has 1 aliphatic carbocycles.